The minimum Gasteiger partial charge on any atom is -0.497 e. The first-order valence-corrected chi connectivity index (χ1v) is 9.56. The predicted molar refractivity (Wildman–Crippen MR) is 114 cm³/mol. The summed E-state index contributed by atoms with van der Waals surface area (Å²) in [7, 11) is 4.96. The number of guanidine groups is 1. The fourth-order valence-electron chi connectivity index (χ4n) is 2.82. The topological polar surface area (TPSA) is 64.1 Å². The van der Waals surface area contributed by atoms with Gasteiger partial charge in [-0.2, -0.15) is 0 Å². The summed E-state index contributed by atoms with van der Waals surface area (Å²) < 4.78 is 15.9. The normalized spacial score (nSPS) is 11.1. The lowest BCUT2D eigenvalue weighted by atomic mass is 10.1. The van der Waals surface area contributed by atoms with Gasteiger partial charge in [-0.1, -0.05) is 18.2 Å². The van der Waals surface area contributed by atoms with Crippen molar-refractivity contribution in [1.29, 1.82) is 0 Å². The zero-order chi connectivity index (χ0) is 20.2. The first-order chi connectivity index (χ1) is 13.7. The van der Waals surface area contributed by atoms with Gasteiger partial charge in [-0.15, -0.1) is 0 Å². The van der Waals surface area contributed by atoms with Crippen LogP contribution in [0.5, 0.6) is 17.2 Å². The molecule has 0 aliphatic heterocycles. The molecule has 0 heterocycles. The smallest absolute Gasteiger partial charge is 0.191 e. The minimum absolute atomic E-state index is 0.561. The second-order valence-corrected chi connectivity index (χ2v) is 6.27. The molecule has 0 saturated heterocycles. The highest BCUT2D eigenvalue weighted by Gasteiger charge is 2.05. The Morgan fingerprint density at radius 1 is 0.893 bits per heavy atom. The molecule has 0 unspecified atom stereocenters. The van der Waals surface area contributed by atoms with Crippen molar-refractivity contribution in [3.8, 4) is 17.2 Å². The number of benzene rings is 2. The molecule has 0 amide bonds. The molecule has 152 valence electrons. The number of methoxy groups -OCH3 is 3. The quantitative estimate of drug-likeness (QED) is 0.373. The Morgan fingerprint density at radius 2 is 1.71 bits per heavy atom. The molecule has 0 aromatic heterocycles. The van der Waals surface area contributed by atoms with Gasteiger partial charge >= 0.3 is 0 Å². The molecule has 0 radical (unpaired) electrons. The molecule has 0 bridgehead atoms. The molecule has 2 aromatic rings. The van der Waals surface area contributed by atoms with Gasteiger partial charge in [0.2, 0.25) is 0 Å². The molecule has 6 heteroatoms. The van der Waals surface area contributed by atoms with Gasteiger partial charge in [-0.05, 0) is 55.2 Å². The number of nitrogens with one attached hydrogen (secondary N) is 2. The molecule has 0 aliphatic rings. The van der Waals surface area contributed by atoms with Gasteiger partial charge < -0.3 is 24.8 Å². The van der Waals surface area contributed by atoms with Crippen molar-refractivity contribution in [3.63, 3.8) is 0 Å². The molecule has 28 heavy (non-hydrogen) atoms. The molecular formula is C22H31N3O3. The molecule has 0 fully saturated rings. The lowest BCUT2D eigenvalue weighted by Crippen LogP contribution is -2.37. The van der Waals surface area contributed by atoms with E-state index < -0.39 is 0 Å². The van der Waals surface area contributed by atoms with E-state index in [0.29, 0.717) is 12.3 Å². The van der Waals surface area contributed by atoms with Crippen LogP contribution in [-0.4, -0.2) is 40.4 Å². The van der Waals surface area contributed by atoms with E-state index >= 15 is 0 Å². The van der Waals surface area contributed by atoms with E-state index in [4.69, 9.17) is 14.2 Å². The Balaban J connectivity index is 1.88. The Hall–Kier alpha value is -2.89. The minimum atomic E-state index is 0.561. The molecule has 0 atom stereocenters. The molecular weight excluding hydrogens is 354 g/mol. The lowest BCUT2D eigenvalue weighted by molar-refractivity contribution is 0.354. The van der Waals surface area contributed by atoms with Gasteiger partial charge in [0.25, 0.3) is 0 Å². The van der Waals surface area contributed by atoms with Crippen LogP contribution in [0.2, 0.25) is 0 Å². The van der Waals surface area contributed by atoms with Gasteiger partial charge in [0.05, 0.1) is 27.9 Å². The van der Waals surface area contributed by atoms with E-state index in [1.165, 1.54) is 5.56 Å². The summed E-state index contributed by atoms with van der Waals surface area (Å²) in [6.45, 7) is 4.28. The van der Waals surface area contributed by atoms with Crippen LogP contribution < -0.4 is 24.8 Å². The Labute approximate surface area is 167 Å². The second-order valence-electron chi connectivity index (χ2n) is 6.27. The molecule has 6 nitrogen and oxygen atoms in total. The fourth-order valence-corrected chi connectivity index (χ4v) is 2.82. The highest BCUT2D eigenvalue weighted by molar-refractivity contribution is 5.79. The Bertz CT molecular complexity index is 762. The number of hydrogen-bond acceptors (Lipinski definition) is 4. The lowest BCUT2D eigenvalue weighted by Gasteiger charge is -2.12. The third-order valence-corrected chi connectivity index (χ3v) is 4.28. The zero-order valence-electron chi connectivity index (χ0n) is 17.2. The molecule has 0 spiro atoms. The van der Waals surface area contributed by atoms with Crippen LogP contribution in [0.15, 0.2) is 47.5 Å². The number of ether oxygens (including phenoxy) is 3. The maximum absolute atomic E-state index is 5.36. The standard InChI is InChI=1S/C22H31N3O3/c1-5-23-22(24-13-7-9-17-8-6-10-19(14-17)26-2)25-16-18-11-12-20(27-3)21(15-18)28-4/h6,8,10-12,14-15H,5,7,9,13,16H2,1-4H3,(H2,23,24,25). The van der Waals surface area contributed by atoms with E-state index in [1.54, 1.807) is 21.3 Å². The van der Waals surface area contributed by atoms with Crippen molar-refractivity contribution >= 4 is 5.96 Å². The Kier molecular flexibility index (Phi) is 8.98. The maximum Gasteiger partial charge on any atom is 0.191 e. The maximum atomic E-state index is 5.36. The van der Waals surface area contributed by atoms with Crippen LogP contribution in [0.4, 0.5) is 0 Å². The summed E-state index contributed by atoms with van der Waals surface area (Å²) in [5.41, 5.74) is 2.33. The van der Waals surface area contributed by atoms with Crippen molar-refractivity contribution in [1.82, 2.24) is 10.6 Å². The summed E-state index contributed by atoms with van der Waals surface area (Å²) in [5.74, 6) is 3.14. The van der Waals surface area contributed by atoms with E-state index in [2.05, 4.69) is 34.7 Å². The molecule has 0 saturated carbocycles. The van der Waals surface area contributed by atoms with E-state index in [-0.39, 0.29) is 0 Å². The van der Waals surface area contributed by atoms with E-state index in [9.17, 15) is 0 Å². The summed E-state index contributed by atoms with van der Waals surface area (Å²) in [6.07, 6.45) is 1.99. The van der Waals surface area contributed by atoms with Crippen molar-refractivity contribution in [2.24, 2.45) is 4.99 Å². The largest absolute Gasteiger partial charge is 0.497 e. The van der Waals surface area contributed by atoms with Crippen LogP contribution in [0.1, 0.15) is 24.5 Å². The zero-order valence-corrected chi connectivity index (χ0v) is 17.2. The van der Waals surface area contributed by atoms with Crippen molar-refractivity contribution < 1.29 is 14.2 Å². The predicted octanol–water partition coefficient (Wildman–Crippen LogP) is 3.40. The van der Waals surface area contributed by atoms with Crippen LogP contribution >= 0.6 is 0 Å². The van der Waals surface area contributed by atoms with Crippen molar-refractivity contribution in [2.45, 2.75) is 26.3 Å². The number of nitrogens with zero attached hydrogens (tertiary/aromatic N) is 1. The summed E-state index contributed by atoms with van der Waals surface area (Å²) in [5, 5.41) is 6.68. The summed E-state index contributed by atoms with van der Waals surface area (Å²) in [6, 6.07) is 14.0. The van der Waals surface area contributed by atoms with Gasteiger partial charge in [-0.3, -0.25) is 0 Å². The van der Waals surface area contributed by atoms with Crippen LogP contribution in [-0.2, 0) is 13.0 Å². The average molecular weight is 386 g/mol. The molecule has 2 N–H and O–H groups in total. The SMILES string of the molecule is CCNC(=NCc1ccc(OC)c(OC)c1)NCCCc1cccc(OC)c1. The molecule has 2 rings (SSSR count). The number of aliphatic imine (C=N–C) groups is 1. The van der Waals surface area contributed by atoms with Crippen LogP contribution in [0.3, 0.4) is 0 Å². The third-order valence-electron chi connectivity index (χ3n) is 4.28. The highest BCUT2D eigenvalue weighted by atomic mass is 16.5. The van der Waals surface area contributed by atoms with Gasteiger partial charge in [0, 0.05) is 13.1 Å². The first kappa shape index (κ1) is 21.4. The molecule has 2 aromatic carbocycles. The third kappa shape index (κ3) is 6.68. The monoisotopic (exact) mass is 385 g/mol. The van der Waals surface area contributed by atoms with Gasteiger partial charge in [-0.25, -0.2) is 4.99 Å². The highest BCUT2D eigenvalue weighted by Crippen LogP contribution is 2.27. The van der Waals surface area contributed by atoms with E-state index in [1.807, 2.05) is 30.3 Å². The average Bonchev–Trinajstić information content (AvgIpc) is 2.74. The van der Waals surface area contributed by atoms with E-state index in [0.717, 1.165) is 49.0 Å². The summed E-state index contributed by atoms with van der Waals surface area (Å²) >= 11 is 0. The van der Waals surface area contributed by atoms with Crippen LogP contribution in [0.25, 0.3) is 0 Å². The molecule has 0 aliphatic carbocycles. The first-order valence-electron chi connectivity index (χ1n) is 9.56. The Morgan fingerprint density at radius 3 is 2.43 bits per heavy atom. The number of hydrogen-bond donors (Lipinski definition) is 2. The van der Waals surface area contributed by atoms with Gasteiger partial charge in [0.15, 0.2) is 17.5 Å². The second kappa shape index (κ2) is 11.7. The van der Waals surface area contributed by atoms with Gasteiger partial charge in [0.1, 0.15) is 5.75 Å². The van der Waals surface area contributed by atoms with Crippen molar-refractivity contribution in [3.05, 3.63) is 53.6 Å². The number of aryl methyl sites for hydroxylation is 1. The number of rotatable bonds is 10. The summed E-state index contributed by atoms with van der Waals surface area (Å²) in [4.78, 5) is 4.66. The fraction of sp³-hybridized carbons (Fsp3) is 0.409. The van der Waals surface area contributed by atoms with Crippen LogP contribution in [0, 0.1) is 0 Å². The van der Waals surface area contributed by atoms with Crippen molar-refractivity contribution in [2.75, 3.05) is 34.4 Å².